The van der Waals surface area contributed by atoms with E-state index in [4.69, 9.17) is 5.11 Å². The van der Waals surface area contributed by atoms with Crippen LogP contribution in [0.1, 0.15) is 40.5 Å². The summed E-state index contributed by atoms with van der Waals surface area (Å²) in [6.45, 7) is 11.0. The molecule has 0 saturated heterocycles. The lowest BCUT2D eigenvalue weighted by Crippen LogP contribution is -2.41. The highest BCUT2D eigenvalue weighted by atomic mass is 16.4. The highest BCUT2D eigenvalue weighted by molar-refractivity contribution is 5.73. The molecule has 0 bridgehead atoms. The van der Waals surface area contributed by atoms with Gasteiger partial charge < -0.3 is 15.3 Å². The fourth-order valence-electron chi connectivity index (χ4n) is 1.77. The average Bonchev–Trinajstić information content (AvgIpc) is 2.21. The number of carboxylic acid groups (broad SMARTS) is 1. The Hall–Kier alpha value is -0.610. The maximum atomic E-state index is 10.9. The van der Waals surface area contributed by atoms with Crippen LogP contribution < -0.4 is 5.32 Å². The molecule has 2 N–H and O–H groups in total. The van der Waals surface area contributed by atoms with Crippen LogP contribution in [0.3, 0.4) is 0 Å². The van der Waals surface area contributed by atoms with E-state index in [1.807, 2.05) is 6.92 Å². The Bertz CT molecular complexity index is 195. The molecule has 0 spiro atoms. The van der Waals surface area contributed by atoms with E-state index >= 15 is 0 Å². The molecule has 0 amide bonds. The number of carbonyl (C=O) groups is 1. The first-order valence-electron chi connectivity index (χ1n) is 6.23. The van der Waals surface area contributed by atoms with E-state index in [0.717, 1.165) is 19.5 Å². The van der Waals surface area contributed by atoms with E-state index in [2.05, 4.69) is 31.0 Å². The van der Waals surface area contributed by atoms with Crippen LogP contribution in [0.5, 0.6) is 0 Å². The summed E-state index contributed by atoms with van der Waals surface area (Å²) in [5, 5.41) is 12.0. The van der Waals surface area contributed by atoms with Crippen molar-refractivity contribution in [1.82, 2.24) is 10.2 Å². The standard InChI is InChI=1S/C12H26N2O2/c1-5-8-14(10(3)4)9-7-11(12(15)16)13-6-2/h10-11,13H,5-9H2,1-4H3,(H,15,16). The molecule has 4 nitrogen and oxygen atoms in total. The number of hydrogen-bond donors (Lipinski definition) is 2. The van der Waals surface area contributed by atoms with Crippen LogP contribution in [0.2, 0.25) is 0 Å². The molecule has 16 heavy (non-hydrogen) atoms. The molecule has 0 aliphatic carbocycles. The van der Waals surface area contributed by atoms with Crippen LogP contribution in [0, 0.1) is 0 Å². The normalized spacial score (nSPS) is 13.4. The molecule has 0 aromatic rings. The van der Waals surface area contributed by atoms with Gasteiger partial charge in [0, 0.05) is 12.6 Å². The van der Waals surface area contributed by atoms with Crippen molar-refractivity contribution in [2.24, 2.45) is 0 Å². The molecule has 0 aliphatic heterocycles. The third kappa shape index (κ3) is 6.08. The summed E-state index contributed by atoms with van der Waals surface area (Å²) in [6.07, 6.45) is 1.78. The third-order valence-electron chi connectivity index (χ3n) is 2.69. The maximum Gasteiger partial charge on any atom is 0.320 e. The number of likely N-dealkylation sites (N-methyl/N-ethyl adjacent to an activating group) is 1. The van der Waals surface area contributed by atoms with Crippen molar-refractivity contribution >= 4 is 5.97 Å². The molecule has 0 heterocycles. The number of carboxylic acids is 1. The summed E-state index contributed by atoms with van der Waals surface area (Å²) in [5.41, 5.74) is 0. The van der Waals surface area contributed by atoms with Gasteiger partial charge in [0.1, 0.15) is 6.04 Å². The highest BCUT2D eigenvalue weighted by Gasteiger charge is 2.17. The molecule has 0 aliphatic rings. The maximum absolute atomic E-state index is 10.9. The molecular formula is C12H26N2O2. The predicted octanol–water partition coefficient (Wildman–Crippen LogP) is 1.56. The summed E-state index contributed by atoms with van der Waals surface area (Å²) in [7, 11) is 0. The van der Waals surface area contributed by atoms with Crippen molar-refractivity contribution in [3.63, 3.8) is 0 Å². The molecular weight excluding hydrogens is 204 g/mol. The highest BCUT2D eigenvalue weighted by Crippen LogP contribution is 2.03. The van der Waals surface area contributed by atoms with E-state index in [-0.39, 0.29) is 0 Å². The lowest BCUT2D eigenvalue weighted by atomic mass is 10.1. The van der Waals surface area contributed by atoms with E-state index in [0.29, 0.717) is 19.0 Å². The van der Waals surface area contributed by atoms with Gasteiger partial charge in [-0.2, -0.15) is 0 Å². The van der Waals surface area contributed by atoms with Crippen LogP contribution in [0.25, 0.3) is 0 Å². The average molecular weight is 230 g/mol. The van der Waals surface area contributed by atoms with Gasteiger partial charge in [-0.1, -0.05) is 13.8 Å². The Morgan fingerprint density at radius 2 is 1.94 bits per heavy atom. The molecule has 1 unspecified atom stereocenters. The smallest absolute Gasteiger partial charge is 0.320 e. The minimum absolute atomic E-state index is 0.414. The summed E-state index contributed by atoms with van der Waals surface area (Å²) in [5.74, 6) is -0.748. The van der Waals surface area contributed by atoms with Crippen molar-refractivity contribution in [1.29, 1.82) is 0 Å². The summed E-state index contributed by atoms with van der Waals surface area (Å²) in [4.78, 5) is 13.3. The van der Waals surface area contributed by atoms with Gasteiger partial charge in [0.25, 0.3) is 0 Å². The first-order valence-corrected chi connectivity index (χ1v) is 6.23. The van der Waals surface area contributed by atoms with Crippen LogP contribution in [-0.2, 0) is 4.79 Å². The number of hydrogen-bond acceptors (Lipinski definition) is 3. The van der Waals surface area contributed by atoms with Gasteiger partial charge >= 0.3 is 5.97 Å². The second kappa shape index (κ2) is 8.53. The fourth-order valence-corrected chi connectivity index (χ4v) is 1.77. The molecule has 1 atom stereocenters. The zero-order valence-corrected chi connectivity index (χ0v) is 11.0. The quantitative estimate of drug-likeness (QED) is 0.631. The van der Waals surface area contributed by atoms with Crippen molar-refractivity contribution in [3.05, 3.63) is 0 Å². The Kier molecular flexibility index (Phi) is 8.21. The zero-order valence-electron chi connectivity index (χ0n) is 11.0. The van der Waals surface area contributed by atoms with Crippen LogP contribution >= 0.6 is 0 Å². The lowest BCUT2D eigenvalue weighted by Gasteiger charge is -2.27. The third-order valence-corrected chi connectivity index (χ3v) is 2.69. The first kappa shape index (κ1) is 15.4. The molecule has 0 fully saturated rings. The second-order valence-electron chi connectivity index (χ2n) is 4.37. The zero-order chi connectivity index (χ0) is 12.6. The summed E-state index contributed by atoms with van der Waals surface area (Å²) in [6, 6.07) is 0.0686. The topological polar surface area (TPSA) is 52.6 Å². The van der Waals surface area contributed by atoms with Crippen molar-refractivity contribution in [2.75, 3.05) is 19.6 Å². The van der Waals surface area contributed by atoms with Gasteiger partial charge in [0.15, 0.2) is 0 Å². The minimum atomic E-state index is -0.748. The molecule has 0 rings (SSSR count). The van der Waals surface area contributed by atoms with Gasteiger partial charge in [-0.15, -0.1) is 0 Å². The van der Waals surface area contributed by atoms with E-state index in [9.17, 15) is 4.79 Å². The van der Waals surface area contributed by atoms with Gasteiger partial charge in [-0.05, 0) is 39.8 Å². The molecule has 4 heteroatoms. The van der Waals surface area contributed by atoms with Gasteiger partial charge in [-0.3, -0.25) is 4.79 Å². The number of nitrogens with zero attached hydrogens (tertiary/aromatic N) is 1. The fraction of sp³-hybridized carbons (Fsp3) is 0.917. The van der Waals surface area contributed by atoms with Crippen molar-refractivity contribution in [3.8, 4) is 0 Å². The Balaban J connectivity index is 4.09. The van der Waals surface area contributed by atoms with Gasteiger partial charge in [0.05, 0.1) is 0 Å². The molecule has 0 saturated carbocycles. The van der Waals surface area contributed by atoms with Crippen LogP contribution in [0.4, 0.5) is 0 Å². The van der Waals surface area contributed by atoms with Crippen molar-refractivity contribution < 1.29 is 9.90 Å². The molecule has 0 radical (unpaired) electrons. The van der Waals surface area contributed by atoms with E-state index in [1.165, 1.54) is 0 Å². The minimum Gasteiger partial charge on any atom is -0.480 e. The van der Waals surface area contributed by atoms with Crippen LogP contribution in [0.15, 0.2) is 0 Å². The van der Waals surface area contributed by atoms with Gasteiger partial charge in [-0.25, -0.2) is 0 Å². The van der Waals surface area contributed by atoms with Gasteiger partial charge in [0.2, 0.25) is 0 Å². The second-order valence-corrected chi connectivity index (χ2v) is 4.37. The molecule has 0 aromatic heterocycles. The molecule has 0 aromatic carbocycles. The van der Waals surface area contributed by atoms with E-state index in [1.54, 1.807) is 0 Å². The Morgan fingerprint density at radius 1 is 1.31 bits per heavy atom. The summed E-state index contributed by atoms with van der Waals surface area (Å²) < 4.78 is 0. The number of rotatable bonds is 9. The predicted molar refractivity (Wildman–Crippen MR) is 66.7 cm³/mol. The Labute approximate surface area is 99.0 Å². The SMILES string of the molecule is CCCN(CCC(NCC)C(=O)O)C(C)C. The number of nitrogens with one attached hydrogen (secondary N) is 1. The summed E-state index contributed by atoms with van der Waals surface area (Å²) >= 11 is 0. The van der Waals surface area contributed by atoms with E-state index < -0.39 is 12.0 Å². The molecule has 96 valence electrons. The monoisotopic (exact) mass is 230 g/mol. The lowest BCUT2D eigenvalue weighted by molar-refractivity contribution is -0.139. The number of aliphatic carboxylic acids is 1. The van der Waals surface area contributed by atoms with Crippen molar-refractivity contribution in [2.45, 2.75) is 52.6 Å². The Morgan fingerprint density at radius 3 is 2.31 bits per heavy atom. The first-order chi connectivity index (χ1) is 7.52. The van der Waals surface area contributed by atoms with Crippen LogP contribution in [-0.4, -0.2) is 47.7 Å². The largest absolute Gasteiger partial charge is 0.480 e.